The molecule has 0 aromatic carbocycles. The number of rotatable bonds is 3. The zero-order chi connectivity index (χ0) is 14.8. The van der Waals surface area contributed by atoms with Gasteiger partial charge in [-0.15, -0.1) is 0 Å². The van der Waals surface area contributed by atoms with Crippen LogP contribution in [0.4, 0.5) is 0 Å². The van der Waals surface area contributed by atoms with Gasteiger partial charge in [-0.3, -0.25) is 9.79 Å². The molecule has 2 heterocycles. The van der Waals surface area contributed by atoms with Gasteiger partial charge in [-0.1, -0.05) is 25.6 Å². The van der Waals surface area contributed by atoms with Crippen LogP contribution in [0.5, 0.6) is 0 Å². The van der Waals surface area contributed by atoms with E-state index < -0.39 is 0 Å². The molecular formula is C14H20N2O3S. The first-order chi connectivity index (χ1) is 9.41. The van der Waals surface area contributed by atoms with Gasteiger partial charge < -0.3 is 9.15 Å². The van der Waals surface area contributed by atoms with E-state index >= 15 is 0 Å². The van der Waals surface area contributed by atoms with Crippen LogP contribution >= 0.6 is 11.8 Å². The summed E-state index contributed by atoms with van der Waals surface area (Å²) in [6.45, 7) is 9.02. The molecule has 2 rings (SSSR count). The third-order valence-corrected chi connectivity index (χ3v) is 3.90. The Bertz CT molecular complexity index is 535. The normalized spacial score (nSPS) is 17.1. The Hall–Kier alpha value is -1.30. The molecule has 0 fully saturated rings. The number of carbonyl (C=O) groups is 1. The maximum Gasteiger partial charge on any atom is 0.316 e. The second-order valence-corrected chi connectivity index (χ2v) is 6.52. The molecule has 1 aromatic heterocycles. The lowest BCUT2D eigenvalue weighted by molar-refractivity contribution is -0.139. The van der Waals surface area contributed by atoms with Crippen LogP contribution in [0, 0.1) is 12.3 Å². The van der Waals surface area contributed by atoms with Gasteiger partial charge in [0.15, 0.2) is 5.89 Å². The topological polar surface area (TPSA) is 64.7 Å². The minimum atomic E-state index is -0.231. The molecular weight excluding hydrogens is 276 g/mol. The Morgan fingerprint density at radius 2 is 2.25 bits per heavy atom. The summed E-state index contributed by atoms with van der Waals surface area (Å²) in [5, 5.41) is 0.774. The van der Waals surface area contributed by atoms with Crippen LogP contribution in [-0.4, -0.2) is 34.9 Å². The van der Waals surface area contributed by atoms with Crippen LogP contribution in [0.25, 0.3) is 0 Å². The zero-order valence-corrected chi connectivity index (χ0v) is 13.2. The largest absolute Gasteiger partial charge is 0.465 e. The number of hydrogen-bond acceptors (Lipinski definition) is 6. The van der Waals surface area contributed by atoms with E-state index in [1.54, 1.807) is 6.92 Å². The quantitative estimate of drug-likeness (QED) is 0.802. The predicted molar refractivity (Wildman–Crippen MR) is 79.2 cm³/mol. The Kier molecular flexibility index (Phi) is 4.52. The van der Waals surface area contributed by atoms with Gasteiger partial charge in [0.05, 0.1) is 12.4 Å². The Labute approximate surface area is 123 Å². The molecule has 5 nitrogen and oxygen atoms in total. The van der Waals surface area contributed by atoms with Crippen molar-refractivity contribution in [3.63, 3.8) is 0 Å². The minimum absolute atomic E-state index is 0.0347. The first-order valence-corrected chi connectivity index (χ1v) is 7.69. The van der Waals surface area contributed by atoms with Gasteiger partial charge >= 0.3 is 5.97 Å². The highest BCUT2D eigenvalue weighted by Gasteiger charge is 2.29. The number of aromatic nitrogens is 1. The summed E-state index contributed by atoms with van der Waals surface area (Å²) >= 11 is 1.37. The number of aliphatic imine (C=N–C) groups is 1. The van der Waals surface area contributed by atoms with Gasteiger partial charge in [-0.05, 0) is 12.3 Å². The molecule has 0 spiro atoms. The highest BCUT2D eigenvalue weighted by atomic mass is 32.2. The lowest BCUT2D eigenvalue weighted by Crippen LogP contribution is -2.17. The number of fused-ring (bicyclic) bond motifs is 1. The summed E-state index contributed by atoms with van der Waals surface area (Å²) < 4.78 is 10.6. The Balaban J connectivity index is 2.19. The number of esters is 1. The van der Waals surface area contributed by atoms with Crippen molar-refractivity contribution < 1.29 is 13.9 Å². The average molecular weight is 296 g/mol. The highest BCUT2D eigenvalue weighted by molar-refractivity contribution is 8.14. The number of ether oxygens (including phenoxy) is 1. The Morgan fingerprint density at radius 3 is 2.95 bits per heavy atom. The summed E-state index contributed by atoms with van der Waals surface area (Å²) in [7, 11) is 0. The van der Waals surface area contributed by atoms with Crippen molar-refractivity contribution in [1.82, 2.24) is 4.98 Å². The van der Waals surface area contributed by atoms with E-state index in [1.807, 2.05) is 6.92 Å². The van der Waals surface area contributed by atoms with Crippen molar-refractivity contribution in [3.05, 3.63) is 17.3 Å². The fourth-order valence-electron chi connectivity index (χ4n) is 2.05. The van der Waals surface area contributed by atoms with E-state index in [-0.39, 0.29) is 17.1 Å². The minimum Gasteiger partial charge on any atom is -0.465 e. The van der Waals surface area contributed by atoms with E-state index in [9.17, 15) is 4.79 Å². The van der Waals surface area contributed by atoms with Gasteiger partial charge in [0.25, 0.3) is 0 Å². The monoisotopic (exact) mass is 296 g/mol. The Morgan fingerprint density at radius 1 is 1.50 bits per heavy atom. The predicted octanol–water partition coefficient (Wildman–Crippen LogP) is 2.61. The van der Waals surface area contributed by atoms with Crippen LogP contribution in [0.15, 0.2) is 9.41 Å². The molecule has 110 valence electrons. The van der Waals surface area contributed by atoms with E-state index in [2.05, 4.69) is 23.8 Å². The van der Waals surface area contributed by atoms with E-state index in [0.29, 0.717) is 19.0 Å². The van der Waals surface area contributed by atoms with Crippen LogP contribution < -0.4 is 0 Å². The summed E-state index contributed by atoms with van der Waals surface area (Å²) in [6, 6.07) is 0. The number of aryl methyl sites for hydroxylation is 1. The third kappa shape index (κ3) is 3.62. The number of thioether (sulfide) groups is 1. The molecule has 0 radical (unpaired) electrons. The second-order valence-electron chi connectivity index (χ2n) is 5.56. The zero-order valence-electron chi connectivity index (χ0n) is 12.4. The van der Waals surface area contributed by atoms with Gasteiger partial charge in [-0.25, -0.2) is 4.98 Å². The van der Waals surface area contributed by atoms with E-state index in [1.165, 1.54) is 11.8 Å². The van der Waals surface area contributed by atoms with Crippen molar-refractivity contribution in [3.8, 4) is 0 Å². The molecule has 1 aliphatic heterocycles. The fraction of sp³-hybridized carbons (Fsp3) is 0.643. The lowest BCUT2D eigenvalue weighted by atomic mass is 9.89. The molecule has 0 amide bonds. The molecule has 0 aliphatic carbocycles. The van der Waals surface area contributed by atoms with Gasteiger partial charge in [0.1, 0.15) is 16.5 Å². The number of hydrogen-bond donors (Lipinski definition) is 0. The molecule has 0 saturated heterocycles. The number of carbonyl (C=O) groups excluding carboxylic acids is 1. The molecule has 1 aromatic rings. The highest BCUT2D eigenvalue weighted by Crippen LogP contribution is 2.31. The molecule has 0 unspecified atom stereocenters. The molecule has 20 heavy (non-hydrogen) atoms. The van der Waals surface area contributed by atoms with Crippen LogP contribution in [0.3, 0.4) is 0 Å². The van der Waals surface area contributed by atoms with Crippen molar-refractivity contribution >= 4 is 22.8 Å². The first-order valence-electron chi connectivity index (χ1n) is 6.71. The lowest BCUT2D eigenvalue weighted by Gasteiger charge is -2.18. The second kappa shape index (κ2) is 5.99. The molecule has 0 N–H and O–H groups in total. The van der Waals surface area contributed by atoms with Crippen LogP contribution in [0.1, 0.15) is 38.1 Å². The molecule has 0 saturated carbocycles. The maximum absolute atomic E-state index is 11.5. The maximum atomic E-state index is 11.5. The van der Waals surface area contributed by atoms with E-state index in [0.717, 1.165) is 22.9 Å². The third-order valence-electron chi connectivity index (χ3n) is 2.93. The van der Waals surface area contributed by atoms with Crippen LogP contribution in [-0.2, 0) is 16.0 Å². The molecule has 0 bridgehead atoms. The van der Waals surface area contributed by atoms with Gasteiger partial charge in [-0.2, -0.15) is 0 Å². The fourth-order valence-corrected chi connectivity index (χ4v) is 2.84. The number of oxazole rings is 1. The van der Waals surface area contributed by atoms with Crippen molar-refractivity contribution in [2.45, 2.75) is 34.1 Å². The van der Waals surface area contributed by atoms with Gasteiger partial charge in [0, 0.05) is 19.9 Å². The number of nitrogens with zero attached hydrogens (tertiary/aromatic N) is 2. The van der Waals surface area contributed by atoms with E-state index in [4.69, 9.17) is 9.15 Å². The van der Waals surface area contributed by atoms with Crippen LogP contribution in [0.2, 0.25) is 0 Å². The standard InChI is InChI=1S/C14H20N2O3S/c1-5-18-11(17)7-20-13-12-10(19-9(2)16-12)6-14(3,4)8-15-13/h5-8H2,1-4H3. The summed E-state index contributed by atoms with van der Waals surface area (Å²) in [5.74, 6) is 1.51. The summed E-state index contributed by atoms with van der Waals surface area (Å²) in [5.41, 5.74) is 0.815. The summed E-state index contributed by atoms with van der Waals surface area (Å²) in [4.78, 5) is 20.5. The first kappa shape index (κ1) is 15.1. The summed E-state index contributed by atoms with van der Waals surface area (Å²) in [6.07, 6.45) is 0.802. The van der Waals surface area contributed by atoms with Crippen molar-refractivity contribution in [2.75, 3.05) is 18.9 Å². The SMILES string of the molecule is CCOC(=O)CSC1=NCC(C)(C)Cc2oc(C)nc21. The smallest absolute Gasteiger partial charge is 0.316 e. The molecule has 0 atom stereocenters. The van der Waals surface area contributed by atoms with Crippen molar-refractivity contribution in [1.29, 1.82) is 0 Å². The molecule has 6 heteroatoms. The average Bonchev–Trinajstić information content (AvgIpc) is 2.64. The van der Waals surface area contributed by atoms with Gasteiger partial charge in [0.2, 0.25) is 0 Å². The molecule has 1 aliphatic rings. The van der Waals surface area contributed by atoms with Crippen molar-refractivity contribution in [2.24, 2.45) is 10.4 Å².